The number of rotatable bonds is 10. The fourth-order valence-electron chi connectivity index (χ4n) is 7.83. The number of hydrogen-bond donors (Lipinski definition) is 0. The van der Waals surface area contributed by atoms with Crippen LogP contribution in [-0.4, -0.2) is 44.4 Å². The van der Waals surface area contributed by atoms with E-state index in [1.165, 1.54) is 31.8 Å². The standard InChI is InChI=1S/2C18H15P.C12H10N2.2C10H8N2.2BF4.2Cu/c2*1-4-10-16(11-5-1)19(17-12-6-2-7-13-17)18-14-8-3-9-15-18;1(11-3-7-13-8-4-11)2-12-5-9-14-10-6-12;2*1-3-7-11-9(5-1)10-6-2-4-8-12-10;2*2-1(3,4)5;;/h2*1-15H;1-10H;2*1-8H;;;;/q;;;;;2*-1;2*+1/p+2/b;;2-1+;;;;;;. The second kappa shape index (κ2) is 40.7. The summed E-state index contributed by atoms with van der Waals surface area (Å²) in [5.74, 6) is 0. The van der Waals surface area contributed by atoms with Crippen molar-refractivity contribution in [1.82, 2.24) is 29.9 Å². The van der Waals surface area contributed by atoms with E-state index in [1.807, 2.05) is 97.1 Å². The van der Waals surface area contributed by atoms with Crippen molar-refractivity contribution in [3.63, 3.8) is 0 Å². The SMILES string of the molecule is C(=C\c1ccncc1)/c1ccncc1.F[B-](F)(F)F.F[B-](F)(F)F.[Cu+].[Cu+].c1ccc(-c2ccccn2)nc1.c1ccc(-c2ccccn2)nc1.c1ccc([PH+](c2ccccc2)c2ccccc2)cc1.c1ccc([PH+](c2ccccc2)c2ccccc2)cc1. The predicted octanol–water partition coefficient (Wildman–Crippen LogP) is 15.9. The van der Waals surface area contributed by atoms with Gasteiger partial charge in [-0.2, -0.15) is 0 Å². The maximum atomic E-state index is 9.75. The predicted molar refractivity (Wildman–Crippen MR) is 346 cm³/mol. The number of aromatic nitrogens is 6. The van der Waals surface area contributed by atoms with Gasteiger partial charge in [-0.25, -0.2) is 0 Å². The first kappa shape index (κ1) is 71.9. The Bertz CT molecular complexity index is 3170. The first-order valence-electron chi connectivity index (χ1n) is 26.7. The maximum absolute atomic E-state index is 9.75. The third kappa shape index (κ3) is 29.2. The normalized spacial score (nSPS) is 10.2. The van der Waals surface area contributed by atoms with E-state index in [-0.39, 0.29) is 34.1 Å². The van der Waals surface area contributed by atoms with E-state index >= 15 is 0 Å². The summed E-state index contributed by atoms with van der Waals surface area (Å²) in [7, 11) is -13.8. The molecule has 12 aromatic rings. The van der Waals surface area contributed by atoms with Gasteiger partial charge in [0.15, 0.2) is 0 Å². The number of nitrogens with zero attached hydrogens (tertiary/aromatic N) is 6. The summed E-state index contributed by atoms with van der Waals surface area (Å²) in [5, 5.41) is 8.61. The molecule has 6 heterocycles. The van der Waals surface area contributed by atoms with Gasteiger partial charge in [0.1, 0.15) is 31.8 Å². The van der Waals surface area contributed by atoms with Crippen LogP contribution in [0.15, 0.2) is 329 Å². The van der Waals surface area contributed by atoms with Gasteiger partial charge in [-0.3, -0.25) is 29.9 Å². The van der Waals surface area contributed by atoms with Crippen molar-refractivity contribution in [1.29, 1.82) is 0 Å². The number of pyridine rings is 6. The molecule has 0 fully saturated rings. The zero-order chi connectivity index (χ0) is 60.9. The van der Waals surface area contributed by atoms with Crippen LogP contribution in [0.2, 0.25) is 0 Å². The zero-order valence-corrected chi connectivity index (χ0v) is 50.7. The van der Waals surface area contributed by atoms with Crippen molar-refractivity contribution in [3.05, 3.63) is 340 Å². The molecule has 0 amide bonds. The Morgan fingerprint density at radius 2 is 0.398 bits per heavy atom. The van der Waals surface area contributed by atoms with Crippen molar-refractivity contribution >= 4 is 74.3 Å². The van der Waals surface area contributed by atoms with Gasteiger partial charge < -0.3 is 34.5 Å². The van der Waals surface area contributed by atoms with Gasteiger partial charge in [-0.05, 0) is 157 Å². The topological polar surface area (TPSA) is 77.3 Å². The number of benzene rings is 6. The Morgan fingerprint density at radius 1 is 0.227 bits per heavy atom. The molecule has 452 valence electrons. The van der Waals surface area contributed by atoms with Gasteiger partial charge in [0.25, 0.3) is 0 Å². The van der Waals surface area contributed by atoms with E-state index in [0.717, 1.165) is 33.9 Å². The third-order valence-corrected chi connectivity index (χ3v) is 16.9. The molecule has 0 atom stereocenters. The quantitative estimate of drug-likeness (QED) is 0.0771. The van der Waals surface area contributed by atoms with Gasteiger partial charge in [-0.1, -0.05) is 146 Å². The molecular formula is C68H58B2Cu2F8N6P2+2. The molecule has 6 nitrogen and oxygen atoms in total. The molecule has 88 heavy (non-hydrogen) atoms. The van der Waals surface area contributed by atoms with E-state index in [1.54, 1.807) is 49.6 Å². The van der Waals surface area contributed by atoms with Crippen molar-refractivity contribution in [2.24, 2.45) is 0 Å². The largest absolute Gasteiger partial charge is 1.00 e. The molecule has 0 saturated heterocycles. The van der Waals surface area contributed by atoms with Crippen molar-refractivity contribution in [3.8, 4) is 22.8 Å². The molecule has 0 radical (unpaired) electrons. The Hall–Kier alpha value is -8.57. The molecule has 0 bridgehead atoms. The molecular weight excluding hydrogens is 1260 g/mol. The number of halogens is 8. The van der Waals surface area contributed by atoms with Crippen molar-refractivity contribution in [2.45, 2.75) is 0 Å². The molecule has 20 heteroatoms. The first-order chi connectivity index (χ1) is 41.8. The Kier molecular flexibility index (Phi) is 33.3. The van der Waals surface area contributed by atoms with Gasteiger partial charge in [0.2, 0.25) is 0 Å². The van der Waals surface area contributed by atoms with Gasteiger partial charge in [0.05, 0.1) is 38.6 Å². The monoisotopic (exact) mass is 1320 g/mol. The maximum Gasteiger partial charge on any atom is 1.00 e. The van der Waals surface area contributed by atoms with Crippen LogP contribution in [0.5, 0.6) is 0 Å². The molecule has 0 aliphatic rings. The van der Waals surface area contributed by atoms with Gasteiger partial charge >= 0.3 is 48.6 Å². The van der Waals surface area contributed by atoms with Gasteiger partial charge in [0, 0.05) is 49.6 Å². The average Bonchev–Trinajstić information content (AvgIpc) is 3.73. The van der Waals surface area contributed by atoms with E-state index in [2.05, 4.69) is 224 Å². The zero-order valence-electron chi connectivity index (χ0n) is 46.8. The molecule has 0 unspecified atom stereocenters. The van der Waals surface area contributed by atoms with Crippen molar-refractivity contribution < 1.29 is 68.7 Å². The second-order valence-electron chi connectivity index (χ2n) is 17.7. The summed E-state index contributed by atoms with van der Waals surface area (Å²) in [6.07, 6.45) is 18.3. The molecule has 12 rings (SSSR count). The van der Waals surface area contributed by atoms with Crippen LogP contribution in [0.4, 0.5) is 34.5 Å². The fourth-order valence-corrected chi connectivity index (χ4v) is 13.0. The Morgan fingerprint density at radius 3 is 0.557 bits per heavy atom. The summed E-state index contributed by atoms with van der Waals surface area (Å²) in [6, 6.07) is 96.1. The molecule has 0 saturated carbocycles. The smallest absolute Gasteiger partial charge is 0.418 e. The van der Waals surface area contributed by atoms with E-state index in [0.29, 0.717) is 0 Å². The summed E-state index contributed by atoms with van der Waals surface area (Å²) < 4.78 is 78.0. The Labute approximate surface area is 532 Å². The van der Waals surface area contributed by atoms with Crippen LogP contribution in [0, 0.1) is 0 Å². The van der Waals surface area contributed by atoms with Crippen LogP contribution in [-0.2, 0) is 34.1 Å². The molecule has 0 aliphatic carbocycles. The van der Waals surface area contributed by atoms with Crippen LogP contribution in [0.25, 0.3) is 34.9 Å². The molecule has 0 N–H and O–H groups in total. The minimum absolute atomic E-state index is 0. The van der Waals surface area contributed by atoms with E-state index < -0.39 is 30.4 Å². The molecule has 0 aliphatic heterocycles. The van der Waals surface area contributed by atoms with Crippen LogP contribution in [0.1, 0.15) is 11.1 Å². The van der Waals surface area contributed by atoms with Crippen molar-refractivity contribution in [2.75, 3.05) is 0 Å². The first-order valence-corrected chi connectivity index (χ1v) is 29.7. The van der Waals surface area contributed by atoms with E-state index in [9.17, 15) is 34.5 Å². The van der Waals surface area contributed by atoms with Crippen LogP contribution >= 0.6 is 15.8 Å². The third-order valence-electron chi connectivity index (χ3n) is 11.4. The van der Waals surface area contributed by atoms with Crippen LogP contribution in [0.3, 0.4) is 0 Å². The molecule has 6 aromatic heterocycles. The number of hydrogen-bond acceptors (Lipinski definition) is 6. The minimum Gasteiger partial charge on any atom is -0.418 e. The summed E-state index contributed by atoms with van der Waals surface area (Å²) in [6.45, 7) is 0. The fraction of sp³-hybridized carbons (Fsp3) is 0. The molecule has 6 aromatic carbocycles. The second-order valence-corrected chi connectivity index (χ2v) is 22.7. The Balaban J connectivity index is 0.000000227. The van der Waals surface area contributed by atoms with Crippen LogP contribution < -0.4 is 31.8 Å². The summed E-state index contributed by atoms with van der Waals surface area (Å²) >= 11 is 0. The summed E-state index contributed by atoms with van der Waals surface area (Å²) in [5.41, 5.74) is 5.96. The summed E-state index contributed by atoms with van der Waals surface area (Å²) in [4.78, 5) is 24.7. The average molecular weight is 1320 g/mol. The van der Waals surface area contributed by atoms with E-state index in [4.69, 9.17) is 0 Å². The van der Waals surface area contributed by atoms with Gasteiger partial charge in [-0.15, -0.1) is 0 Å². The minimum atomic E-state index is -6.00. The molecule has 0 spiro atoms.